The minimum absolute atomic E-state index is 0.237. The quantitative estimate of drug-likeness (QED) is 0.489. The zero-order valence-corrected chi connectivity index (χ0v) is 14.4. The number of anilines is 1. The number of rotatable bonds is 4. The summed E-state index contributed by atoms with van der Waals surface area (Å²) in [5, 5.41) is 0. The first-order valence-electron chi connectivity index (χ1n) is 7.73. The molecule has 0 saturated carbocycles. The van der Waals surface area contributed by atoms with Crippen molar-refractivity contribution in [1.82, 2.24) is 15.0 Å². The lowest BCUT2D eigenvalue weighted by Crippen LogP contribution is -2.29. The average Bonchev–Trinajstić information content (AvgIpc) is 3.05. The Labute approximate surface area is 151 Å². The monoisotopic (exact) mass is 384 g/mol. The van der Waals surface area contributed by atoms with Crippen molar-refractivity contribution in [3.8, 4) is 11.5 Å². The van der Waals surface area contributed by atoms with Gasteiger partial charge < -0.3 is 9.40 Å². The molecule has 4 aromatic rings. The average molecular weight is 384 g/mol. The van der Waals surface area contributed by atoms with E-state index in [2.05, 4.69) is 14.7 Å². The lowest BCUT2D eigenvalue weighted by molar-refractivity contribution is 0.599. The molecule has 2 heterocycles. The Morgan fingerprint density at radius 3 is 2.44 bits per heavy atom. The van der Waals surface area contributed by atoms with Gasteiger partial charge in [-0.05, 0) is 36.4 Å². The van der Waals surface area contributed by atoms with Crippen LogP contribution in [0.1, 0.15) is 0 Å². The molecule has 10 heteroatoms. The van der Waals surface area contributed by atoms with Gasteiger partial charge in [-0.1, -0.05) is 12.1 Å². The highest BCUT2D eigenvalue weighted by Crippen LogP contribution is 2.25. The van der Waals surface area contributed by atoms with Gasteiger partial charge >= 0.3 is 5.69 Å². The molecule has 4 rings (SSSR count). The van der Waals surface area contributed by atoms with Crippen molar-refractivity contribution in [2.75, 3.05) is 4.72 Å². The Kier molecular flexibility index (Phi) is 3.89. The molecule has 0 fully saturated rings. The van der Waals surface area contributed by atoms with E-state index in [1.807, 2.05) is 23.2 Å². The molecule has 0 atom stereocenters. The summed E-state index contributed by atoms with van der Waals surface area (Å²) in [4.78, 5) is 30.5. The molecular weight excluding hydrogens is 372 g/mol. The molecule has 2 aromatic carbocycles. The van der Waals surface area contributed by atoms with E-state index < -0.39 is 26.2 Å². The van der Waals surface area contributed by atoms with Crippen LogP contribution < -0.4 is 16.0 Å². The highest BCUT2D eigenvalue weighted by molar-refractivity contribution is 7.92. The van der Waals surface area contributed by atoms with E-state index in [1.165, 1.54) is 12.1 Å². The largest absolute Gasteiger partial charge is 0.436 e. The number of sulfonamides is 1. The number of para-hydroxylation sites is 2. The summed E-state index contributed by atoms with van der Waals surface area (Å²) < 4.78 is 32.6. The van der Waals surface area contributed by atoms with Crippen molar-refractivity contribution >= 4 is 26.8 Å². The summed E-state index contributed by atoms with van der Waals surface area (Å²) in [6.45, 7) is 0. The van der Waals surface area contributed by atoms with Crippen LogP contribution in [-0.2, 0) is 10.0 Å². The van der Waals surface area contributed by atoms with Crippen LogP contribution in [0.4, 0.5) is 5.69 Å². The number of H-pyrrole nitrogens is 2. The second kappa shape index (κ2) is 6.25. The van der Waals surface area contributed by atoms with Crippen molar-refractivity contribution in [3.05, 3.63) is 75.6 Å². The molecule has 0 aliphatic heterocycles. The van der Waals surface area contributed by atoms with Crippen molar-refractivity contribution in [1.29, 1.82) is 0 Å². The highest BCUT2D eigenvalue weighted by atomic mass is 32.2. The summed E-state index contributed by atoms with van der Waals surface area (Å²) in [5.74, 6) is 0.405. The number of hydrogen-bond donors (Lipinski definition) is 3. The summed E-state index contributed by atoms with van der Waals surface area (Å²) in [7, 11) is -4.16. The number of hydrogen-bond acceptors (Lipinski definition) is 6. The highest BCUT2D eigenvalue weighted by Gasteiger charge is 2.19. The first-order chi connectivity index (χ1) is 12.9. The van der Waals surface area contributed by atoms with E-state index in [9.17, 15) is 18.0 Å². The maximum Gasteiger partial charge on any atom is 0.325 e. The third kappa shape index (κ3) is 3.25. The Hall–Kier alpha value is -3.66. The predicted molar refractivity (Wildman–Crippen MR) is 97.9 cm³/mol. The molecule has 0 aliphatic rings. The number of oxazole rings is 1. The Bertz CT molecular complexity index is 1320. The molecule has 3 N–H and O–H groups in total. The molecule has 2 aromatic heterocycles. The van der Waals surface area contributed by atoms with Crippen LogP contribution in [0, 0.1) is 0 Å². The van der Waals surface area contributed by atoms with Gasteiger partial charge in [0.2, 0.25) is 5.89 Å². The predicted octanol–water partition coefficient (Wildman–Crippen LogP) is 1.67. The molecule has 9 nitrogen and oxygen atoms in total. The van der Waals surface area contributed by atoms with Crippen LogP contribution in [0.15, 0.2) is 73.6 Å². The third-order valence-corrected chi connectivity index (χ3v) is 5.14. The summed E-state index contributed by atoms with van der Waals surface area (Å²) in [6.07, 6.45) is 0.843. The number of aromatic amines is 2. The standard InChI is InChI=1S/C17H12N4O5S/c22-15-14(9-18-17(23)20-15)27(24,25)21-11-7-5-10(6-8-11)16-19-12-3-1-2-4-13(12)26-16/h1-9,21H,(H2,18,20,22,23). The minimum atomic E-state index is -4.16. The van der Waals surface area contributed by atoms with Gasteiger partial charge in [-0.15, -0.1) is 0 Å². The van der Waals surface area contributed by atoms with Gasteiger partial charge in [0.05, 0.1) is 0 Å². The van der Waals surface area contributed by atoms with E-state index in [4.69, 9.17) is 4.42 Å². The molecular formula is C17H12N4O5S. The van der Waals surface area contributed by atoms with Gasteiger partial charge in [0, 0.05) is 17.4 Å². The van der Waals surface area contributed by atoms with Gasteiger partial charge in [-0.3, -0.25) is 14.5 Å². The summed E-state index contributed by atoms with van der Waals surface area (Å²) >= 11 is 0. The van der Waals surface area contributed by atoms with Crippen LogP contribution in [0.25, 0.3) is 22.6 Å². The fraction of sp³-hybridized carbons (Fsp3) is 0. The molecule has 0 amide bonds. The lowest BCUT2D eigenvalue weighted by atomic mass is 10.2. The number of nitrogens with one attached hydrogen (secondary N) is 3. The number of fused-ring (bicyclic) bond motifs is 1. The van der Waals surface area contributed by atoms with Gasteiger partial charge in [0.15, 0.2) is 10.5 Å². The van der Waals surface area contributed by atoms with Gasteiger partial charge in [0.1, 0.15) is 5.52 Å². The lowest BCUT2D eigenvalue weighted by Gasteiger charge is -2.07. The zero-order valence-electron chi connectivity index (χ0n) is 13.6. The van der Waals surface area contributed by atoms with Crippen molar-refractivity contribution in [2.45, 2.75) is 4.90 Å². The van der Waals surface area contributed by atoms with Crippen LogP contribution >= 0.6 is 0 Å². The third-order valence-electron chi connectivity index (χ3n) is 3.75. The van der Waals surface area contributed by atoms with Crippen molar-refractivity contribution < 1.29 is 12.8 Å². The zero-order chi connectivity index (χ0) is 19.0. The summed E-state index contributed by atoms with van der Waals surface area (Å²) in [5.41, 5.74) is 0.469. The Morgan fingerprint density at radius 1 is 1.00 bits per heavy atom. The van der Waals surface area contributed by atoms with E-state index in [-0.39, 0.29) is 5.69 Å². The second-order valence-corrected chi connectivity index (χ2v) is 7.26. The molecule has 0 radical (unpaired) electrons. The molecule has 0 saturated heterocycles. The minimum Gasteiger partial charge on any atom is -0.436 e. The first-order valence-corrected chi connectivity index (χ1v) is 9.21. The fourth-order valence-electron chi connectivity index (χ4n) is 2.48. The van der Waals surface area contributed by atoms with E-state index in [0.717, 1.165) is 11.7 Å². The maximum absolute atomic E-state index is 12.3. The molecule has 27 heavy (non-hydrogen) atoms. The summed E-state index contributed by atoms with van der Waals surface area (Å²) in [6, 6.07) is 13.6. The number of nitrogens with zero attached hydrogens (tertiary/aromatic N) is 1. The van der Waals surface area contributed by atoms with E-state index in [0.29, 0.717) is 17.0 Å². The normalized spacial score (nSPS) is 11.6. The maximum atomic E-state index is 12.3. The number of benzene rings is 2. The fourth-order valence-corrected chi connectivity index (χ4v) is 3.55. The van der Waals surface area contributed by atoms with Crippen molar-refractivity contribution in [3.63, 3.8) is 0 Å². The van der Waals surface area contributed by atoms with Gasteiger partial charge in [-0.2, -0.15) is 0 Å². The molecule has 0 spiro atoms. The van der Waals surface area contributed by atoms with Crippen molar-refractivity contribution in [2.24, 2.45) is 0 Å². The molecule has 0 bridgehead atoms. The Balaban J connectivity index is 1.62. The molecule has 0 aliphatic carbocycles. The SMILES string of the molecule is O=c1[nH]cc(S(=O)(=O)Nc2ccc(-c3nc4ccccc4o3)cc2)c(=O)[nH]1. The second-order valence-electron chi connectivity index (χ2n) is 5.61. The van der Waals surface area contributed by atoms with E-state index in [1.54, 1.807) is 18.2 Å². The molecule has 136 valence electrons. The Morgan fingerprint density at radius 2 is 1.74 bits per heavy atom. The topological polar surface area (TPSA) is 138 Å². The molecule has 0 unspecified atom stereocenters. The van der Waals surface area contributed by atoms with Crippen LogP contribution in [0.5, 0.6) is 0 Å². The first kappa shape index (κ1) is 16.8. The van der Waals surface area contributed by atoms with Gasteiger partial charge in [0.25, 0.3) is 15.6 Å². The van der Waals surface area contributed by atoms with E-state index >= 15 is 0 Å². The van der Waals surface area contributed by atoms with Crippen LogP contribution in [-0.4, -0.2) is 23.4 Å². The van der Waals surface area contributed by atoms with Crippen LogP contribution in [0.2, 0.25) is 0 Å². The van der Waals surface area contributed by atoms with Crippen LogP contribution in [0.3, 0.4) is 0 Å². The number of aromatic nitrogens is 3. The smallest absolute Gasteiger partial charge is 0.325 e. The van der Waals surface area contributed by atoms with Gasteiger partial charge in [-0.25, -0.2) is 18.2 Å².